The number of aliphatic hydroxyl groups excluding tert-OH is 1. The maximum absolute atomic E-state index is 8.70. The Kier molecular flexibility index (Phi) is 4.41. The van der Waals surface area contributed by atoms with Crippen molar-refractivity contribution in [2.75, 3.05) is 18.9 Å². The normalized spacial score (nSPS) is 9.81. The fourth-order valence-electron chi connectivity index (χ4n) is 1.21. The highest BCUT2D eigenvalue weighted by molar-refractivity contribution is 6.00. The lowest BCUT2D eigenvalue weighted by Gasteiger charge is -2.18. The quantitative estimate of drug-likeness (QED) is 0.423. The number of amidine groups is 1. The number of nitrogens with one attached hydrogen (secondary N) is 2. The highest BCUT2D eigenvalue weighted by Gasteiger charge is 2.10. The zero-order valence-corrected chi connectivity index (χ0v) is 8.85. The van der Waals surface area contributed by atoms with Crippen molar-refractivity contribution in [3.63, 3.8) is 0 Å². The Balaban J connectivity index is 2.78. The number of nitrogen functional groups attached to an aromatic ring is 1. The first-order valence-electron chi connectivity index (χ1n) is 4.88. The molecule has 16 heavy (non-hydrogen) atoms. The van der Waals surface area contributed by atoms with E-state index in [2.05, 4.69) is 4.98 Å². The summed E-state index contributed by atoms with van der Waals surface area (Å²) in [4.78, 5) is 5.40. The Bertz CT molecular complexity index is 379. The molecule has 0 bridgehead atoms. The molecule has 0 radical (unpaired) electrons. The van der Waals surface area contributed by atoms with Crippen molar-refractivity contribution in [2.24, 2.45) is 0 Å². The first-order chi connectivity index (χ1) is 7.69. The number of aliphatic hydroxyl groups is 1. The largest absolute Gasteiger partial charge is 0.396 e. The van der Waals surface area contributed by atoms with E-state index in [1.807, 2.05) is 0 Å². The van der Waals surface area contributed by atoms with Crippen LogP contribution < -0.4 is 5.73 Å². The van der Waals surface area contributed by atoms with Crippen LogP contribution in [-0.4, -0.2) is 40.3 Å². The number of rotatable bonds is 5. The molecule has 0 unspecified atom stereocenters. The van der Waals surface area contributed by atoms with E-state index < -0.39 is 0 Å². The average Bonchev–Trinajstić information content (AvgIpc) is 2.29. The number of hydrogen-bond donors (Lipinski definition) is 4. The Morgan fingerprint density at radius 2 is 2.31 bits per heavy atom. The monoisotopic (exact) mass is 221 g/mol. The van der Waals surface area contributed by atoms with Crippen molar-refractivity contribution in [3.05, 3.63) is 23.9 Å². The van der Waals surface area contributed by atoms with Gasteiger partial charge in [0.05, 0.1) is 6.34 Å². The highest BCUT2D eigenvalue weighted by Crippen LogP contribution is 2.04. The molecule has 0 saturated carbocycles. The number of aromatic nitrogens is 1. The standard InChI is InChI=1S/C10H15N5O/c11-7-15(5-2-6-16)10(13)8-3-1-4-9(12)14-8/h1,3-4,7,11,13,16H,2,5-6H2,(H2,12,14). The molecule has 0 aliphatic carbocycles. The minimum absolute atomic E-state index is 0.0297. The zero-order valence-electron chi connectivity index (χ0n) is 8.85. The average molecular weight is 221 g/mol. The molecular weight excluding hydrogens is 206 g/mol. The van der Waals surface area contributed by atoms with Crippen molar-refractivity contribution >= 4 is 18.0 Å². The molecule has 0 fully saturated rings. The third kappa shape index (κ3) is 3.03. The lowest BCUT2D eigenvalue weighted by Crippen LogP contribution is -2.31. The van der Waals surface area contributed by atoms with E-state index in [4.69, 9.17) is 21.7 Å². The summed E-state index contributed by atoms with van der Waals surface area (Å²) in [6.07, 6.45) is 1.54. The van der Waals surface area contributed by atoms with Gasteiger partial charge in [0.1, 0.15) is 11.5 Å². The number of anilines is 1. The van der Waals surface area contributed by atoms with Gasteiger partial charge in [0.25, 0.3) is 0 Å². The van der Waals surface area contributed by atoms with Crippen molar-refractivity contribution < 1.29 is 5.11 Å². The van der Waals surface area contributed by atoms with Crippen LogP contribution in [0.4, 0.5) is 5.82 Å². The van der Waals surface area contributed by atoms with Gasteiger partial charge in [0.15, 0.2) is 5.84 Å². The molecule has 1 heterocycles. The molecule has 0 aliphatic heterocycles. The fraction of sp³-hybridized carbons (Fsp3) is 0.300. The summed E-state index contributed by atoms with van der Waals surface area (Å²) in [6, 6.07) is 5.01. The van der Waals surface area contributed by atoms with Crippen LogP contribution in [0.3, 0.4) is 0 Å². The summed E-state index contributed by atoms with van der Waals surface area (Å²) in [7, 11) is 0. The summed E-state index contributed by atoms with van der Waals surface area (Å²) in [5.41, 5.74) is 5.93. The highest BCUT2D eigenvalue weighted by atomic mass is 16.3. The maximum Gasteiger partial charge on any atom is 0.152 e. The molecule has 1 rings (SSSR count). The van der Waals surface area contributed by atoms with Crippen LogP contribution in [0, 0.1) is 10.8 Å². The summed E-state index contributed by atoms with van der Waals surface area (Å²) in [5.74, 6) is 0.449. The van der Waals surface area contributed by atoms with E-state index in [0.29, 0.717) is 24.5 Å². The molecule has 0 atom stereocenters. The smallest absolute Gasteiger partial charge is 0.152 e. The van der Waals surface area contributed by atoms with Gasteiger partial charge in [0.2, 0.25) is 0 Å². The van der Waals surface area contributed by atoms with E-state index in [0.717, 1.165) is 6.34 Å². The zero-order chi connectivity index (χ0) is 12.0. The van der Waals surface area contributed by atoms with Gasteiger partial charge in [-0.1, -0.05) is 6.07 Å². The van der Waals surface area contributed by atoms with Crippen LogP contribution >= 0.6 is 0 Å². The fourth-order valence-corrected chi connectivity index (χ4v) is 1.21. The number of nitrogens with zero attached hydrogens (tertiary/aromatic N) is 2. The first kappa shape index (κ1) is 12.1. The van der Waals surface area contributed by atoms with E-state index in [9.17, 15) is 0 Å². The van der Waals surface area contributed by atoms with Gasteiger partial charge in [0, 0.05) is 13.2 Å². The number of pyridine rings is 1. The molecule has 5 N–H and O–H groups in total. The van der Waals surface area contributed by atoms with E-state index in [-0.39, 0.29) is 12.4 Å². The van der Waals surface area contributed by atoms with Crippen LogP contribution in [0.2, 0.25) is 0 Å². The summed E-state index contributed by atoms with van der Waals surface area (Å²) >= 11 is 0. The number of nitrogens with two attached hydrogens (primary N) is 1. The molecule has 86 valence electrons. The van der Waals surface area contributed by atoms with Gasteiger partial charge in [-0.25, -0.2) is 4.98 Å². The molecule has 0 saturated heterocycles. The van der Waals surface area contributed by atoms with Crippen LogP contribution in [0.25, 0.3) is 0 Å². The summed E-state index contributed by atoms with van der Waals surface area (Å²) < 4.78 is 0. The van der Waals surface area contributed by atoms with E-state index in [1.54, 1.807) is 18.2 Å². The van der Waals surface area contributed by atoms with Gasteiger partial charge < -0.3 is 15.7 Å². The minimum atomic E-state index is 0.0297. The Morgan fingerprint density at radius 1 is 1.56 bits per heavy atom. The molecule has 6 heteroatoms. The van der Waals surface area contributed by atoms with Gasteiger partial charge in [-0.3, -0.25) is 10.8 Å². The Morgan fingerprint density at radius 3 is 2.88 bits per heavy atom. The molecule has 0 aromatic carbocycles. The predicted octanol–water partition coefficient (Wildman–Crippen LogP) is 0.281. The number of hydrogen-bond acceptors (Lipinski definition) is 5. The molecule has 1 aromatic rings. The predicted molar refractivity (Wildman–Crippen MR) is 62.7 cm³/mol. The molecule has 0 spiro atoms. The molecule has 1 aromatic heterocycles. The van der Waals surface area contributed by atoms with E-state index >= 15 is 0 Å². The van der Waals surface area contributed by atoms with Gasteiger partial charge in [-0.05, 0) is 18.6 Å². The van der Waals surface area contributed by atoms with Crippen LogP contribution in [0.1, 0.15) is 12.1 Å². The van der Waals surface area contributed by atoms with Crippen molar-refractivity contribution in [3.8, 4) is 0 Å². The Hall–Kier alpha value is -1.95. The van der Waals surface area contributed by atoms with Crippen LogP contribution in [0.15, 0.2) is 18.2 Å². The second kappa shape index (κ2) is 5.82. The second-order valence-electron chi connectivity index (χ2n) is 3.20. The second-order valence-corrected chi connectivity index (χ2v) is 3.20. The topological polar surface area (TPSA) is 110 Å². The van der Waals surface area contributed by atoms with Gasteiger partial charge in [-0.15, -0.1) is 0 Å². The maximum atomic E-state index is 8.70. The van der Waals surface area contributed by atoms with Crippen molar-refractivity contribution in [1.82, 2.24) is 9.88 Å². The lowest BCUT2D eigenvalue weighted by molar-refractivity contribution is 0.281. The lowest BCUT2D eigenvalue weighted by atomic mass is 10.3. The summed E-state index contributed by atoms with van der Waals surface area (Å²) in [6.45, 7) is 0.442. The third-order valence-corrected chi connectivity index (χ3v) is 2.01. The van der Waals surface area contributed by atoms with E-state index in [1.165, 1.54) is 4.90 Å². The van der Waals surface area contributed by atoms with Gasteiger partial charge in [-0.2, -0.15) is 0 Å². The molecule has 6 nitrogen and oxygen atoms in total. The van der Waals surface area contributed by atoms with Gasteiger partial charge >= 0.3 is 0 Å². The first-order valence-corrected chi connectivity index (χ1v) is 4.88. The van der Waals surface area contributed by atoms with Crippen molar-refractivity contribution in [2.45, 2.75) is 6.42 Å². The minimum Gasteiger partial charge on any atom is -0.396 e. The van der Waals surface area contributed by atoms with Crippen molar-refractivity contribution in [1.29, 1.82) is 10.8 Å². The molecule has 0 amide bonds. The molecule has 0 aliphatic rings. The third-order valence-electron chi connectivity index (χ3n) is 2.01. The van der Waals surface area contributed by atoms with Crippen LogP contribution in [0.5, 0.6) is 0 Å². The summed E-state index contributed by atoms with van der Waals surface area (Å²) in [5, 5.41) is 23.7. The van der Waals surface area contributed by atoms with Crippen LogP contribution in [-0.2, 0) is 0 Å². The SMILES string of the molecule is N=CN(CCCO)C(=N)c1cccc(N)n1. The Labute approximate surface area is 93.7 Å². The molecular formula is C10H15N5O.